The molecule has 0 bridgehead atoms. The number of aryl methyl sites for hydroxylation is 1. The van der Waals surface area contributed by atoms with E-state index in [-0.39, 0.29) is 0 Å². The average molecular weight is 228 g/mol. The van der Waals surface area contributed by atoms with Gasteiger partial charge in [-0.15, -0.1) is 0 Å². The second kappa shape index (κ2) is 4.61. The SMILES string of the molecule is Cc1cncc(C2=CCC[C@@H]3CCNC[C@H]23)c1. The van der Waals surface area contributed by atoms with Crippen molar-refractivity contribution in [1.82, 2.24) is 10.3 Å². The maximum Gasteiger partial charge on any atom is 0.0343 e. The Labute approximate surface area is 103 Å². The van der Waals surface area contributed by atoms with Gasteiger partial charge in [0.2, 0.25) is 0 Å². The highest BCUT2D eigenvalue weighted by Crippen LogP contribution is 2.39. The molecule has 2 nitrogen and oxygen atoms in total. The van der Waals surface area contributed by atoms with Crippen molar-refractivity contribution in [3.05, 3.63) is 35.7 Å². The number of hydrogen-bond acceptors (Lipinski definition) is 2. The molecule has 0 unspecified atom stereocenters. The van der Waals surface area contributed by atoms with Crippen LogP contribution in [-0.4, -0.2) is 18.1 Å². The molecule has 0 radical (unpaired) electrons. The van der Waals surface area contributed by atoms with E-state index in [1.54, 1.807) is 0 Å². The fourth-order valence-electron chi connectivity index (χ4n) is 3.27. The van der Waals surface area contributed by atoms with Crippen molar-refractivity contribution in [2.75, 3.05) is 13.1 Å². The monoisotopic (exact) mass is 228 g/mol. The van der Waals surface area contributed by atoms with Crippen LogP contribution in [-0.2, 0) is 0 Å². The predicted molar refractivity (Wildman–Crippen MR) is 70.7 cm³/mol. The van der Waals surface area contributed by atoms with E-state index in [0.717, 1.165) is 12.5 Å². The fourth-order valence-corrected chi connectivity index (χ4v) is 3.27. The van der Waals surface area contributed by atoms with Crippen molar-refractivity contribution in [1.29, 1.82) is 0 Å². The third-order valence-corrected chi connectivity index (χ3v) is 4.13. The molecule has 17 heavy (non-hydrogen) atoms. The molecule has 1 aliphatic heterocycles. The molecule has 2 heteroatoms. The molecule has 1 fully saturated rings. The van der Waals surface area contributed by atoms with Gasteiger partial charge in [-0.05, 0) is 67.3 Å². The fraction of sp³-hybridized carbons (Fsp3) is 0.533. The summed E-state index contributed by atoms with van der Waals surface area (Å²) in [6, 6.07) is 2.27. The van der Waals surface area contributed by atoms with Crippen LogP contribution in [0.3, 0.4) is 0 Å². The second-order valence-corrected chi connectivity index (χ2v) is 5.35. The maximum absolute atomic E-state index is 4.34. The number of nitrogens with zero attached hydrogens (tertiary/aromatic N) is 1. The van der Waals surface area contributed by atoms with Crippen LogP contribution in [0.4, 0.5) is 0 Å². The molecule has 0 spiro atoms. The normalized spacial score (nSPS) is 28.4. The van der Waals surface area contributed by atoms with Gasteiger partial charge in [0.25, 0.3) is 0 Å². The number of rotatable bonds is 1. The Morgan fingerprint density at radius 1 is 1.29 bits per heavy atom. The van der Waals surface area contributed by atoms with E-state index in [0.29, 0.717) is 5.92 Å². The van der Waals surface area contributed by atoms with Crippen molar-refractivity contribution in [2.45, 2.75) is 26.2 Å². The van der Waals surface area contributed by atoms with Gasteiger partial charge in [0.05, 0.1) is 0 Å². The van der Waals surface area contributed by atoms with Gasteiger partial charge in [0, 0.05) is 18.9 Å². The van der Waals surface area contributed by atoms with Crippen molar-refractivity contribution in [2.24, 2.45) is 11.8 Å². The molecule has 0 saturated carbocycles. The Kier molecular flexibility index (Phi) is 2.98. The lowest BCUT2D eigenvalue weighted by atomic mass is 9.73. The first-order chi connectivity index (χ1) is 8.34. The third kappa shape index (κ3) is 2.14. The molecule has 0 aromatic carbocycles. The van der Waals surface area contributed by atoms with Gasteiger partial charge in [0.1, 0.15) is 0 Å². The van der Waals surface area contributed by atoms with Crippen molar-refractivity contribution in [3.63, 3.8) is 0 Å². The molecule has 1 N–H and O–H groups in total. The first-order valence-electron chi connectivity index (χ1n) is 6.67. The zero-order valence-electron chi connectivity index (χ0n) is 10.4. The van der Waals surface area contributed by atoms with Gasteiger partial charge in [0.15, 0.2) is 0 Å². The van der Waals surface area contributed by atoms with Gasteiger partial charge in [-0.1, -0.05) is 6.08 Å². The summed E-state index contributed by atoms with van der Waals surface area (Å²) < 4.78 is 0. The molecule has 1 aromatic rings. The van der Waals surface area contributed by atoms with Crippen LogP contribution in [0.15, 0.2) is 24.5 Å². The lowest BCUT2D eigenvalue weighted by molar-refractivity contribution is 0.285. The molecule has 2 heterocycles. The average Bonchev–Trinajstić information content (AvgIpc) is 2.38. The highest BCUT2D eigenvalue weighted by Gasteiger charge is 2.30. The lowest BCUT2D eigenvalue weighted by Gasteiger charge is -2.37. The van der Waals surface area contributed by atoms with Crippen molar-refractivity contribution in [3.8, 4) is 0 Å². The molecule has 1 saturated heterocycles. The number of piperidine rings is 1. The zero-order valence-corrected chi connectivity index (χ0v) is 10.4. The highest BCUT2D eigenvalue weighted by atomic mass is 14.9. The Morgan fingerprint density at radius 3 is 3.12 bits per heavy atom. The first kappa shape index (κ1) is 11.0. The first-order valence-corrected chi connectivity index (χ1v) is 6.67. The zero-order chi connectivity index (χ0) is 11.7. The van der Waals surface area contributed by atoms with Gasteiger partial charge in [-0.3, -0.25) is 4.98 Å². The van der Waals surface area contributed by atoms with Crippen LogP contribution in [0.5, 0.6) is 0 Å². The topological polar surface area (TPSA) is 24.9 Å². The molecule has 2 aliphatic rings. The molecule has 90 valence electrons. The molecular formula is C15H20N2. The summed E-state index contributed by atoms with van der Waals surface area (Å²) in [4.78, 5) is 4.34. The largest absolute Gasteiger partial charge is 0.316 e. The number of aromatic nitrogens is 1. The molecule has 0 amide bonds. The molecular weight excluding hydrogens is 208 g/mol. The van der Waals surface area contributed by atoms with Crippen LogP contribution in [0.25, 0.3) is 5.57 Å². The highest BCUT2D eigenvalue weighted by molar-refractivity contribution is 5.68. The summed E-state index contributed by atoms with van der Waals surface area (Å²) in [5.74, 6) is 1.60. The summed E-state index contributed by atoms with van der Waals surface area (Å²) >= 11 is 0. The van der Waals surface area contributed by atoms with Crippen molar-refractivity contribution >= 4 is 5.57 Å². The van der Waals surface area contributed by atoms with Gasteiger partial charge in [-0.25, -0.2) is 0 Å². The van der Waals surface area contributed by atoms with E-state index in [9.17, 15) is 0 Å². The molecule has 3 rings (SSSR count). The van der Waals surface area contributed by atoms with E-state index >= 15 is 0 Å². The van der Waals surface area contributed by atoms with Gasteiger partial charge < -0.3 is 5.32 Å². The van der Waals surface area contributed by atoms with Crippen molar-refractivity contribution < 1.29 is 0 Å². The van der Waals surface area contributed by atoms with E-state index in [2.05, 4.69) is 29.4 Å². The third-order valence-electron chi connectivity index (χ3n) is 4.13. The molecule has 1 aromatic heterocycles. The van der Waals surface area contributed by atoms with Gasteiger partial charge >= 0.3 is 0 Å². The van der Waals surface area contributed by atoms with E-state index in [4.69, 9.17) is 0 Å². The summed E-state index contributed by atoms with van der Waals surface area (Å²) in [6.07, 6.45) is 10.3. The van der Waals surface area contributed by atoms with Crippen LogP contribution in [0.1, 0.15) is 30.4 Å². The van der Waals surface area contributed by atoms with E-state index in [1.165, 1.54) is 42.5 Å². The minimum absolute atomic E-state index is 0.709. The molecule has 1 aliphatic carbocycles. The Balaban J connectivity index is 1.93. The summed E-state index contributed by atoms with van der Waals surface area (Å²) in [5, 5.41) is 3.54. The predicted octanol–water partition coefficient (Wildman–Crippen LogP) is 2.79. The van der Waals surface area contributed by atoms with Gasteiger partial charge in [-0.2, -0.15) is 0 Å². The number of pyridine rings is 1. The number of fused-ring (bicyclic) bond motifs is 1. The molecule has 2 atom stereocenters. The second-order valence-electron chi connectivity index (χ2n) is 5.35. The lowest BCUT2D eigenvalue weighted by Crippen LogP contribution is -2.38. The van der Waals surface area contributed by atoms with E-state index < -0.39 is 0 Å². The maximum atomic E-state index is 4.34. The summed E-state index contributed by atoms with van der Waals surface area (Å²) in [7, 11) is 0. The van der Waals surface area contributed by atoms with Crippen LogP contribution >= 0.6 is 0 Å². The van der Waals surface area contributed by atoms with Crippen LogP contribution in [0, 0.1) is 18.8 Å². The number of allylic oxidation sites excluding steroid dienone is 1. The Hall–Kier alpha value is -1.15. The Morgan fingerprint density at radius 2 is 2.24 bits per heavy atom. The van der Waals surface area contributed by atoms with Crippen LogP contribution < -0.4 is 5.32 Å². The smallest absolute Gasteiger partial charge is 0.0343 e. The Bertz CT molecular complexity index is 436. The van der Waals surface area contributed by atoms with E-state index in [1.807, 2.05) is 12.4 Å². The standard InChI is InChI=1S/C15H20N2/c1-11-7-13(9-17-8-11)14-4-2-3-12-5-6-16-10-15(12)14/h4,7-9,12,15-16H,2-3,5-6,10H2,1H3/t12-,15+/m1/s1. The quantitative estimate of drug-likeness (QED) is 0.799. The summed E-state index contributed by atoms with van der Waals surface area (Å²) in [5.41, 5.74) is 4.13. The minimum atomic E-state index is 0.709. The van der Waals surface area contributed by atoms with Crippen LogP contribution in [0.2, 0.25) is 0 Å². The number of hydrogen-bond donors (Lipinski definition) is 1. The summed E-state index contributed by atoms with van der Waals surface area (Å²) in [6.45, 7) is 4.46. The number of nitrogens with one attached hydrogen (secondary N) is 1. The minimum Gasteiger partial charge on any atom is -0.316 e.